The fourth-order valence-corrected chi connectivity index (χ4v) is 3.46. The molecule has 2 aromatic rings. The van der Waals surface area contributed by atoms with Gasteiger partial charge in [0.15, 0.2) is 17.3 Å². The van der Waals surface area contributed by atoms with Crippen LogP contribution in [0.3, 0.4) is 0 Å². The molecule has 1 aromatic heterocycles. The summed E-state index contributed by atoms with van der Waals surface area (Å²) < 4.78 is 32.8. The smallest absolute Gasteiger partial charge is 0.341 e. The lowest BCUT2D eigenvalue weighted by atomic mass is 9.98. The maximum Gasteiger partial charge on any atom is 0.341 e. The number of carbonyl (C=O) groups is 1. The van der Waals surface area contributed by atoms with E-state index in [9.17, 15) is 14.7 Å². The molecule has 0 aliphatic carbocycles. The van der Waals surface area contributed by atoms with E-state index in [0.717, 1.165) is 5.56 Å². The molecule has 162 valence electrons. The Balaban J connectivity index is 2.17. The van der Waals surface area contributed by atoms with Crippen LogP contribution in [0.15, 0.2) is 23.1 Å². The minimum Gasteiger partial charge on any atom is -0.493 e. The molecule has 1 N–H and O–H groups in total. The van der Waals surface area contributed by atoms with Crippen LogP contribution in [-0.4, -0.2) is 49.2 Å². The van der Waals surface area contributed by atoms with E-state index in [-0.39, 0.29) is 11.7 Å². The van der Waals surface area contributed by atoms with Crippen molar-refractivity contribution >= 4 is 5.97 Å². The number of carboxylic acids is 1. The van der Waals surface area contributed by atoms with Crippen molar-refractivity contribution in [2.24, 2.45) is 0 Å². The zero-order chi connectivity index (χ0) is 22.0. The molecule has 0 amide bonds. The highest BCUT2D eigenvalue weighted by molar-refractivity contribution is 5.88. The van der Waals surface area contributed by atoms with E-state index in [1.807, 2.05) is 13.8 Å². The predicted molar refractivity (Wildman–Crippen MR) is 109 cm³/mol. The number of carboxylic acid groups (broad SMARTS) is 1. The van der Waals surface area contributed by atoms with E-state index < -0.39 is 22.8 Å². The molecule has 0 unspecified atom stereocenters. The average Bonchev–Trinajstić information content (AvgIpc) is 2.71. The molecular formula is C21H25FN2O6. The van der Waals surface area contributed by atoms with Crippen molar-refractivity contribution in [3.63, 3.8) is 0 Å². The molecule has 0 radical (unpaired) electrons. The van der Waals surface area contributed by atoms with Crippen LogP contribution in [0.25, 0.3) is 11.3 Å². The molecule has 30 heavy (non-hydrogen) atoms. The van der Waals surface area contributed by atoms with E-state index >= 15 is 4.39 Å². The number of benzene rings is 1. The van der Waals surface area contributed by atoms with Crippen molar-refractivity contribution in [1.82, 2.24) is 4.68 Å². The Kier molecular flexibility index (Phi) is 6.31. The largest absolute Gasteiger partial charge is 0.493 e. The first-order valence-corrected chi connectivity index (χ1v) is 9.58. The molecule has 0 saturated carbocycles. The first-order chi connectivity index (χ1) is 14.3. The molecule has 1 aliphatic heterocycles. The van der Waals surface area contributed by atoms with Gasteiger partial charge in [-0.3, -0.25) is 9.47 Å². The zero-order valence-electron chi connectivity index (χ0n) is 17.4. The first kappa shape index (κ1) is 21.6. The number of fused-ring (bicyclic) bond motifs is 3. The standard InChI is InChI=1S/C21H25FN2O6/c1-12(2)23-10-13-8-17(30-7-5-6-28-3)16(29-4)9-14(13)19-18(22)20(25)15(21(26)27)11-24(19)23/h8-9,11-12H,5-7,10H2,1-4H3,(H,26,27). The Bertz CT molecular complexity index is 1020. The average molecular weight is 420 g/mol. The molecule has 3 rings (SSSR count). The summed E-state index contributed by atoms with van der Waals surface area (Å²) in [5.41, 5.74) is -0.559. The normalized spacial score (nSPS) is 12.5. The van der Waals surface area contributed by atoms with Gasteiger partial charge in [-0.2, -0.15) is 0 Å². The van der Waals surface area contributed by atoms with Gasteiger partial charge in [-0.05, 0) is 31.5 Å². The summed E-state index contributed by atoms with van der Waals surface area (Å²) in [4.78, 5) is 23.8. The molecule has 0 spiro atoms. The maximum atomic E-state index is 15.1. The molecule has 0 atom stereocenters. The second-order valence-corrected chi connectivity index (χ2v) is 7.23. The molecule has 0 fully saturated rings. The lowest BCUT2D eigenvalue weighted by Crippen LogP contribution is -2.45. The van der Waals surface area contributed by atoms with Crippen LogP contribution in [0.5, 0.6) is 11.5 Å². The Labute approximate surface area is 173 Å². The van der Waals surface area contributed by atoms with Crippen LogP contribution in [0, 0.1) is 5.82 Å². The highest BCUT2D eigenvalue weighted by Crippen LogP contribution is 2.39. The summed E-state index contributed by atoms with van der Waals surface area (Å²) in [6.45, 7) is 5.15. The van der Waals surface area contributed by atoms with Gasteiger partial charge in [0, 0.05) is 37.9 Å². The van der Waals surface area contributed by atoms with Crippen LogP contribution in [0.1, 0.15) is 36.2 Å². The second-order valence-electron chi connectivity index (χ2n) is 7.23. The summed E-state index contributed by atoms with van der Waals surface area (Å²) in [5.74, 6) is -1.68. The summed E-state index contributed by atoms with van der Waals surface area (Å²) in [6.07, 6.45) is 1.87. The lowest BCUT2D eigenvalue weighted by molar-refractivity contribution is 0.0693. The highest BCUT2D eigenvalue weighted by Gasteiger charge is 2.31. The summed E-state index contributed by atoms with van der Waals surface area (Å²) >= 11 is 0. The molecule has 8 nitrogen and oxygen atoms in total. The number of hydrogen-bond acceptors (Lipinski definition) is 6. The third-order valence-corrected chi connectivity index (χ3v) is 4.96. The fourth-order valence-electron chi connectivity index (χ4n) is 3.46. The second kappa shape index (κ2) is 8.74. The first-order valence-electron chi connectivity index (χ1n) is 9.58. The topological polar surface area (TPSA) is 90.2 Å². The van der Waals surface area contributed by atoms with Gasteiger partial charge in [-0.15, -0.1) is 0 Å². The quantitative estimate of drug-likeness (QED) is 0.657. The van der Waals surface area contributed by atoms with Gasteiger partial charge in [0.2, 0.25) is 5.43 Å². The van der Waals surface area contributed by atoms with Gasteiger partial charge < -0.3 is 24.3 Å². The van der Waals surface area contributed by atoms with Gasteiger partial charge in [-0.1, -0.05) is 0 Å². The van der Waals surface area contributed by atoms with Crippen LogP contribution in [-0.2, 0) is 11.3 Å². The molecule has 0 bridgehead atoms. The number of aromatic carboxylic acids is 1. The van der Waals surface area contributed by atoms with Crippen molar-refractivity contribution in [2.45, 2.75) is 32.9 Å². The van der Waals surface area contributed by atoms with Crippen LogP contribution >= 0.6 is 0 Å². The number of ether oxygens (including phenoxy) is 3. The monoisotopic (exact) mass is 420 g/mol. The SMILES string of the molecule is COCCCOc1cc2c(cc1OC)-c1c(F)c(=O)c(C(=O)O)cn1N(C(C)C)C2. The molecule has 0 saturated heterocycles. The van der Waals surface area contributed by atoms with Crippen LogP contribution in [0.2, 0.25) is 0 Å². The summed E-state index contributed by atoms with van der Waals surface area (Å²) in [6, 6.07) is 3.30. The Morgan fingerprint density at radius 1 is 1.23 bits per heavy atom. The van der Waals surface area contributed by atoms with Gasteiger partial charge in [0.25, 0.3) is 0 Å². The zero-order valence-corrected chi connectivity index (χ0v) is 17.4. The van der Waals surface area contributed by atoms with Crippen molar-refractivity contribution in [1.29, 1.82) is 0 Å². The van der Waals surface area contributed by atoms with Crippen LogP contribution in [0.4, 0.5) is 4.39 Å². The maximum absolute atomic E-state index is 15.1. The number of halogens is 1. The summed E-state index contributed by atoms with van der Waals surface area (Å²) in [5, 5.41) is 11.1. The Morgan fingerprint density at radius 2 is 1.97 bits per heavy atom. The van der Waals surface area contributed by atoms with Gasteiger partial charge in [-0.25, -0.2) is 9.18 Å². The third kappa shape index (κ3) is 3.85. The minimum atomic E-state index is -1.47. The van der Waals surface area contributed by atoms with Crippen molar-refractivity contribution in [3.8, 4) is 22.8 Å². The summed E-state index contributed by atoms with van der Waals surface area (Å²) in [7, 11) is 3.09. The Hall–Kier alpha value is -3.07. The Morgan fingerprint density at radius 3 is 2.57 bits per heavy atom. The fraction of sp³-hybridized carbons (Fsp3) is 0.429. The molecular weight excluding hydrogens is 395 g/mol. The van der Waals surface area contributed by atoms with E-state index in [2.05, 4.69) is 0 Å². The number of rotatable bonds is 8. The molecule has 9 heteroatoms. The van der Waals surface area contributed by atoms with Gasteiger partial charge in [0.1, 0.15) is 11.3 Å². The van der Waals surface area contributed by atoms with Crippen LogP contribution < -0.4 is 19.9 Å². The number of methoxy groups -OCH3 is 2. The number of pyridine rings is 1. The number of nitrogens with zero attached hydrogens (tertiary/aromatic N) is 2. The minimum absolute atomic E-state index is 0.00387. The van der Waals surface area contributed by atoms with E-state index in [0.29, 0.717) is 43.2 Å². The van der Waals surface area contributed by atoms with Gasteiger partial charge >= 0.3 is 5.97 Å². The highest BCUT2D eigenvalue weighted by atomic mass is 19.1. The number of aromatic nitrogens is 1. The van der Waals surface area contributed by atoms with E-state index in [1.54, 1.807) is 24.3 Å². The molecule has 1 aliphatic rings. The van der Waals surface area contributed by atoms with E-state index in [4.69, 9.17) is 14.2 Å². The third-order valence-electron chi connectivity index (χ3n) is 4.96. The molecule has 2 heterocycles. The van der Waals surface area contributed by atoms with E-state index in [1.165, 1.54) is 18.0 Å². The van der Waals surface area contributed by atoms with Crippen molar-refractivity contribution in [3.05, 3.63) is 45.5 Å². The predicted octanol–water partition coefficient (Wildman–Crippen LogP) is 2.64. The van der Waals surface area contributed by atoms with Crippen molar-refractivity contribution in [2.75, 3.05) is 32.4 Å². The molecule has 1 aromatic carbocycles. The van der Waals surface area contributed by atoms with Crippen molar-refractivity contribution < 1.29 is 28.5 Å². The lowest BCUT2D eigenvalue weighted by Gasteiger charge is -2.38. The van der Waals surface area contributed by atoms with Gasteiger partial charge in [0.05, 0.1) is 20.3 Å². The number of hydrogen-bond donors (Lipinski definition) is 1.